The molecule has 1 atom stereocenters. The van der Waals surface area contributed by atoms with Crippen molar-refractivity contribution >= 4 is 16.0 Å². The van der Waals surface area contributed by atoms with Gasteiger partial charge in [0, 0.05) is 6.04 Å². The fourth-order valence-corrected chi connectivity index (χ4v) is 3.62. The molecule has 0 aliphatic heterocycles. The lowest BCUT2D eigenvalue weighted by Gasteiger charge is -2.16. The molecule has 0 bridgehead atoms. The molecule has 0 saturated heterocycles. The summed E-state index contributed by atoms with van der Waals surface area (Å²) in [5.41, 5.74) is 1.67. The third kappa shape index (κ3) is 4.37. The highest BCUT2D eigenvalue weighted by molar-refractivity contribution is 7.89. The summed E-state index contributed by atoms with van der Waals surface area (Å²) in [4.78, 5) is 11.8. The monoisotopic (exact) mass is 363 g/mol. The van der Waals surface area contributed by atoms with Crippen molar-refractivity contribution in [2.24, 2.45) is 0 Å². The molecule has 25 heavy (non-hydrogen) atoms. The molecule has 6 nitrogen and oxygen atoms in total. The van der Waals surface area contributed by atoms with E-state index in [-0.39, 0.29) is 10.5 Å². The van der Waals surface area contributed by atoms with Crippen LogP contribution in [0.4, 0.5) is 0 Å². The summed E-state index contributed by atoms with van der Waals surface area (Å²) in [5, 5.41) is 0. The lowest BCUT2D eigenvalue weighted by Crippen LogP contribution is -2.27. The van der Waals surface area contributed by atoms with Crippen molar-refractivity contribution in [1.82, 2.24) is 4.72 Å². The van der Waals surface area contributed by atoms with Gasteiger partial charge in [-0.3, -0.25) is 0 Å². The number of carbonyl (C=O) groups excluding carboxylic acids is 1. The molecule has 0 aromatic heterocycles. The van der Waals surface area contributed by atoms with Gasteiger partial charge in [0.15, 0.2) is 0 Å². The van der Waals surface area contributed by atoms with Crippen LogP contribution in [0.25, 0.3) is 0 Å². The highest BCUT2D eigenvalue weighted by atomic mass is 32.2. The topological polar surface area (TPSA) is 81.7 Å². The third-order valence-electron chi connectivity index (χ3n) is 3.87. The maximum atomic E-state index is 12.6. The Morgan fingerprint density at radius 3 is 2.28 bits per heavy atom. The second kappa shape index (κ2) is 7.67. The molecular weight excluding hydrogens is 342 g/mol. The molecule has 0 fully saturated rings. The Labute approximate surface area is 147 Å². The summed E-state index contributed by atoms with van der Waals surface area (Å²) in [5.74, 6) is 0.123. The molecule has 2 aromatic carbocycles. The maximum Gasteiger partial charge on any atom is 0.338 e. The average molecular weight is 363 g/mol. The standard InChI is InChI=1S/C18H21NO5S/c1-12-5-10-16(11-17(12)18(20)24-4)25(21,22)19-13(2)14-6-8-15(23-3)9-7-14/h5-11,13,19H,1-4H3/t13-/m1/s1. The number of hydrogen-bond donors (Lipinski definition) is 1. The molecule has 0 saturated carbocycles. The molecule has 134 valence electrons. The van der Waals surface area contributed by atoms with Gasteiger partial charge in [-0.25, -0.2) is 17.9 Å². The van der Waals surface area contributed by atoms with E-state index in [4.69, 9.17) is 9.47 Å². The van der Waals surface area contributed by atoms with E-state index >= 15 is 0 Å². The summed E-state index contributed by atoms with van der Waals surface area (Å²) in [7, 11) is -0.970. The van der Waals surface area contributed by atoms with Gasteiger partial charge in [-0.05, 0) is 49.2 Å². The van der Waals surface area contributed by atoms with Crippen LogP contribution in [0.15, 0.2) is 47.4 Å². The lowest BCUT2D eigenvalue weighted by atomic mass is 10.1. The van der Waals surface area contributed by atoms with Crippen LogP contribution < -0.4 is 9.46 Å². The van der Waals surface area contributed by atoms with E-state index in [1.54, 1.807) is 51.3 Å². The summed E-state index contributed by atoms with van der Waals surface area (Å²) >= 11 is 0. The molecule has 2 rings (SSSR count). The fourth-order valence-electron chi connectivity index (χ4n) is 2.36. The first-order valence-electron chi connectivity index (χ1n) is 7.63. The van der Waals surface area contributed by atoms with Gasteiger partial charge in [0.1, 0.15) is 5.75 Å². The minimum Gasteiger partial charge on any atom is -0.497 e. The van der Waals surface area contributed by atoms with Gasteiger partial charge in [-0.2, -0.15) is 0 Å². The number of nitrogens with one attached hydrogen (secondary N) is 1. The summed E-state index contributed by atoms with van der Waals surface area (Å²) in [6, 6.07) is 11.0. The number of hydrogen-bond acceptors (Lipinski definition) is 5. The van der Waals surface area contributed by atoms with Crippen molar-refractivity contribution in [1.29, 1.82) is 0 Å². The Bertz CT molecular complexity index is 860. The molecule has 1 N–H and O–H groups in total. The Morgan fingerprint density at radius 2 is 1.72 bits per heavy atom. The van der Waals surface area contributed by atoms with Crippen molar-refractivity contribution in [3.05, 3.63) is 59.2 Å². The first-order chi connectivity index (χ1) is 11.8. The predicted octanol–water partition coefficient (Wildman–Crippen LogP) is 2.83. The number of ether oxygens (including phenoxy) is 2. The van der Waals surface area contributed by atoms with Crippen LogP contribution in [0.3, 0.4) is 0 Å². The van der Waals surface area contributed by atoms with Crippen LogP contribution >= 0.6 is 0 Å². The number of esters is 1. The van der Waals surface area contributed by atoms with E-state index in [1.807, 2.05) is 0 Å². The van der Waals surface area contributed by atoms with Gasteiger partial charge < -0.3 is 9.47 Å². The van der Waals surface area contributed by atoms with E-state index < -0.39 is 22.0 Å². The zero-order valence-electron chi connectivity index (χ0n) is 14.6. The number of aryl methyl sites for hydroxylation is 1. The Kier molecular flexibility index (Phi) is 5.81. The van der Waals surface area contributed by atoms with Gasteiger partial charge in [0.2, 0.25) is 10.0 Å². The van der Waals surface area contributed by atoms with E-state index in [0.29, 0.717) is 11.3 Å². The van der Waals surface area contributed by atoms with E-state index in [9.17, 15) is 13.2 Å². The van der Waals surface area contributed by atoms with Crippen LogP contribution in [-0.4, -0.2) is 28.6 Å². The molecule has 0 unspecified atom stereocenters. The van der Waals surface area contributed by atoms with Crippen molar-refractivity contribution in [3.63, 3.8) is 0 Å². The maximum absolute atomic E-state index is 12.6. The smallest absolute Gasteiger partial charge is 0.338 e. The molecule has 7 heteroatoms. The summed E-state index contributed by atoms with van der Waals surface area (Å²) in [6.07, 6.45) is 0. The van der Waals surface area contributed by atoms with Gasteiger partial charge in [-0.1, -0.05) is 18.2 Å². The van der Waals surface area contributed by atoms with Crippen LogP contribution in [0.2, 0.25) is 0 Å². The van der Waals surface area contributed by atoms with E-state index in [2.05, 4.69) is 4.72 Å². The van der Waals surface area contributed by atoms with Crippen molar-refractivity contribution in [2.75, 3.05) is 14.2 Å². The molecule has 0 heterocycles. The Balaban J connectivity index is 2.27. The third-order valence-corrected chi connectivity index (χ3v) is 5.41. The lowest BCUT2D eigenvalue weighted by molar-refractivity contribution is 0.0599. The highest BCUT2D eigenvalue weighted by Crippen LogP contribution is 2.21. The minimum atomic E-state index is -3.79. The van der Waals surface area contributed by atoms with Crippen LogP contribution in [-0.2, 0) is 14.8 Å². The van der Waals surface area contributed by atoms with E-state index in [0.717, 1.165) is 5.56 Å². The van der Waals surface area contributed by atoms with Gasteiger partial charge in [0.25, 0.3) is 0 Å². The van der Waals surface area contributed by atoms with Gasteiger partial charge in [0.05, 0.1) is 24.7 Å². The number of benzene rings is 2. The zero-order valence-corrected chi connectivity index (χ0v) is 15.4. The fraction of sp³-hybridized carbons (Fsp3) is 0.278. The van der Waals surface area contributed by atoms with Crippen molar-refractivity contribution in [3.8, 4) is 5.75 Å². The molecule has 2 aromatic rings. The van der Waals surface area contributed by atoms with E-state index in [1.165, 1.54) is 19.2 Å². The number of carbonyl (C=O) groups is 1. The normalized spacial score (nSPS) is 12.5. The second-order valence-corrected chi connectivity index (χ2v) is 7.30. The number of methoxy groups -OCH3 is 2. The average Bonchev–Trinajstić information content (AvgIpc) is 2.61. The van der Waals surface area contributed by atoms with Crippen LogP contribution in [0.1, 0.15) is 34.5 Å². The molecule has 0 spiro atoms. The van der Waals surface area contributed by atoms with Crippen molar-refractivity contribution < 1.29 is 22.7 Å². The predicted molar refractivity (Wildman–Crippen MR) is 94.2 cm³/mol. The summed E-state index contributed by atoms with van der Waals surface area (Å²) in [6.45, 7) is 3.46. The van der Waals surface area contributed by atoms with Gasteiger partial charge >= 0.3 is 5.97 Å². The number of rotatable bonds is 6. The minimum absolute atomic E-state index is 0.0128. The molecule has 0 aliphatic rings. The van der Waals surface area contributed by atoms with Crippen LogP contribution in [0, 0.1) is 6.92 Å². The van der Waals surface area contributed by atoms with Crippen LogP contribution in [0.5, 0.6) is 5.75 Å². The Morgan fingerprint density at radius 1 is 1.08 bits per heavy atom. The first-order valence-corrected chi connectivity index (χ1v) is 9.12. The summed E-state index contributed by atoms with van der Waals surface area (Å²) < 4.78 is 37.6. The number of sulfonamides is 1. The quantitative estimate of drug-likeness (QED) is 0.798. The molecule has 0 radical (unpaired) electrons. The zero-order chi connectivity index (χ0) is 18.6. The first kappa shape index (κ1) is 19.0. The van der Waals surface area contributed by atoms with Crippen molar-refractivity contribution in [2.45, 2.75) is 24.8 Å². The molecule has 0 aliphatic carbocycles. The SMILES string of the molecule is COC(=O)c1cc(S(=O)(=O)N[C@H](C)c2ccc(OC)cc2)ccc1C. The molecular formula is C18H21NO5S. The Hall–Kier alpha value is -2.38. The second-order valence-electron chi connectivity index (χ2n) is 5.58. The van der Waals surface area contributed by atoms with Gasteiger partial charge in [-0.15, -0.1) is 0 Å². The highest BCUT2D eigenvalue weighted by Gasteiger charge is 2.21. The largest absolute Gasteiger partial charge is 0.497 e. The molecule has 0 amide bonds.